The van der Waals surface area contributed by atoms with Crippen molar-refractivity contribution in [3.63, 3.8) is 0 Å². The number of nitrogens with zero attached hydrogens (tertiary/aromatic N) is 1. The molecule has 4 nitrogen and oxygen atoms in total. The first-order valence-corrected chi connectivity index (χ1v) is 8.73. The van der Waals surface area contributed by atoms with Gasteiger partial charge in [0.2, 0.25) is 10.0 Å². The number of rotatable bonds is 3. The van der Waals surface area contributed by atoms with Gasteiger partial charge < -0.3 is 5.73 Å². The molecule has 1 aromatic rings. The van der Waals surface area contributed by atoms with Gasteiger partial charge in [0.05, 0.1) is 10.0 Å². The molecule has 0 aliphatic carbocycles. The Kier molecular flexibility index (Phi) is 4.97. The van der Waals surface area contributed by atoms with Crippen LogP contribution in [0.2, 0.25) is 10.0 Å². The molecule has 1 fully saturated rings. The van der Waals surface area contributed by atoms with E-state index in [1.807, 2.05) is 6.92 Å². The maximum Gasteiger partial charge on any atom is 0.244 e. The minimum Gasteiger partial charge on any atom is -0.328 e. The molecule has 0 spiro atoms. The number of halogens is 2. The smallest absolute Gasteiger partial charge is 0.244 e. The summed E-state index contributed by atoms with van der Waals surface area (Å²) in [6.07, 6.45) is 1.55. The van der Waals surface area contributed by atoms with E-state index >= 15 is 0 Å². The lowest BCUT2D eigenvalue weighted by molar-refractivity contribution is 0.251. The SMILES string of the molecule is CC(N)C1CCN(S(=O)(=O)c2cccc(Cl)c2Cl)CC1. The predicted octanol–water partition coefficient (Wildman–Crippen LogP) is 2.74. The molecule has 1 aromatic carbocycles. The van der Waals surface area contributed by atoms with E-state index in [-0.39, 0.29) is 21.0 Å². The van der Waals surface area contributed by atoms with E-state index in [4.69, 9.17) is 28.9 Å². The second-order valence-corrected chi connectivity index (χ2v) is 7.84. The van der Waals surface area contributed by atoms with E-state index in [1.54, 1.807) is 12.1 Å². The van der Waals surface area contributed by atoms with Gasteiger partial charge in [-0.15, -0.1) is 0 Å². The molecule has 0 bridgehead atoms. The number of nitrogens with two attached hydrogens (primary N) is 1. The molecule has 2 rings (SSSR count). The molecule has 1 heterocycles. The molecule has 20 heavy (non-hydrogen) atoms. The molecule has 112 valence electrons. The van der Waals surface area contributed by atoms with E-state index in [2.05, 4.69) is 0 Å². The summed E-state index contributed by atoms with van der Waals surface area (Å²) in [6.45, 7) is 2.90. The first kappa shape index (κ1) is 16.0. The van der Waals surface area contributed by atoms with Crippen LogP contribution < -0.4 is 5.73 Å². The van der Waals surface area contributed by atoms with Gasteiger partial charge in [-0.05, 0) is 37.8 Å². The van der Waals surface area contributed by atoms with Crippen molar-refractivity contribution in [3.05, 3.63) is 28.2 Å². The van der Waals surface area contributed by atoms with Crippen LogP contribution in [0.1, 0.15) is 19.8 Å². The Bertz CT molecular complexity index is 582. The fourth-order valence-electron chi connectivity index (χ4n) is 2.46. The van der Waals surface area contributed by atoms with Crippen LogP contribution in [0.4, 0.5) is 0 Å². The van der Waals surface area contributed by atoms with Gasteiger partial charge in [0.1, 0.15) is 4.90 Å². The first-order chi connectivity index (χ1) is 9.34. The highest BCUT2D eigenvalue weighted by atomic mass is 35.5. The van der Waals surface area contributed by atoms with Crippen molar-refractivity contribution in [3.8, 4) is 0 Å². The highest BCUT2D eigenvalue weighted by molar-refractivity contribution is 7.89. The van der Waals surface area contributed by atoms with Crippen molar-refractivity contribution in [2.45, 2.75) is 30.7 Å². The summed E-state index contributed by atoms with van der Waals surface area (Å²) in [5.41, 5.74) is 5.87. The topological polar surface area (TPSA) is 63.4 Å². The Morgan fingerprint density at radius 2 is 1.90 bits per heavy atom. The maximum atomic E-state index is 12.6. The van der Waals surface area contributed by atoms with Crippen LogP contribution in [0.5, 0.6) is 0 Å². The average molecular weight is 337 g/mol. The number of piperidine rings is 1. The monoisotopic (exact) mass is 336 g/mol. The van der Waals surface area contributed by atoms with E-state index in [0.29, 0.717) is 19.0 Å². The second kappa shape index (κ2) is 6.20. The Labute approximate surface area is 129 Å². The molecular formula is C13H18Cl2N2O2S. The number of benzene rings is 1. The molecule has 7 heteroatoms. The molecule has 1 aliphatic heterocycles. The predicted molar refractivity (Wildman–Crippen MR) is 81.6 cm³/mol. The summed E-state index contributed by atoms with van der Waals surface area (Å²) >= 11 is 11.9. The Morgan fingerprint density at radius 3 is 2.45 bits per heavy atom. The van der Waals surface area contributed by atoms with Crippen LogP contribution in [0.25, 0.3) is 0 Å². The zero-order valence-corrected chi connectivity index (χ0v) is 13.5. The molecule has 0 saturated carbocycles. The van der Waals surface area contributed by atoms with Crippen molar-refractivity contribution < 1.29 is 8.42 Å². The van der Waals surface area contributed by atoms with Crippen LogP contribution in [0.15, 0.2) is 23.1 Å². The lowest BCUT2D eigenvalue weighted by Gasteiger charge is -2.33. The molecule has 0 aromatic heterocycles. The summed E-state index contributed by atoms with van der Waals surface area (Å²) in [7, 11) is -3.59. The van der Waals surface area contributed by atoms with Gasteiger partial charge in [-0.3, -0.25) is 0 Å². The van der Waals surface area contributed by atoms with Crippen molar-refractivity contribution >= 4 is 33.2 Å². The lowest BCUT2D eigenvalue weighted by atomic mass is 9.92. The third-order valence-electron chi connectivity index (χ3n) is 3.78. The van der Waals surface area contributed by atoms with Crippen LogP contribution >= 0.6 is 23.2 Å². The zero-order chi connectivity index (χ0) is 14.9. The summed E-state index contributed by atoms with van der Waals surface area (Å²) in [6, 6.07) is 4.75. The fourth-order valence-corrected chi connectivity index (χ4v) is 4.67. The third-order valence-corrected chi connectivity index (χ3v) is 6.65. The van der Waals surface area contributed by atoms with Crippen LogP contribution in [0.3, 0.4) is 0 Å². The van der Waals surface area contributed by atoms with Gasteiger partial charge in [-0.1, -0.05) is 29.3 Å². The van der Waals surface area contributed by atoms with Gasteiger partial charge >= 0.3 is 0 Å². The molecule has 1 aliphatic rings. The van der Waals surface area contributed by atoms with Gasteiger partial charge in [-0.2, -0.15) is 4.31 Å². The standard InChI is InChI=1S/C13H18Cl2N2O2S/c1-9(16)10-5-7-17(8-6-10)20(18,19)12-4-2-3-11(14)13(12)15/h2-4,9-10H,5-8,16H2,1H3. The van der Waals surface area contributed by atoms with Crippen molar-refractivity contribution in [1.82, 2.24) is 4.31 Å². The maximum absolute atomic E-state index is 12.6. The van der Waals surface area contributed by atoms with E-state index in [9.17, 15) is 8.42 Å². The van der Waals surface area contributed by atoms with Gasteiger partial charge in [0, 0.05) is 19.1 Å². The first-order valence-electron chi connectivity index (χ1n) is 6.53. The van der Waals surface area contributed by atoms with Gasteiger partial charge in [0.25, 0.3) is 0 Å². The molecular weight excluding hydrogens is 319 g/mol. The van der Waals surface area contributed by atoms with Crippen LogP contribution in [-0.4, -0.2) is 31.9 Å². The Balaban J connectivity index is 2.22. The normalized spacial score (nSPS) is 20.0. The molecule has 1 saturated heterocycles. The number of hydrogen-bond donors (Lipinski definition) is 1. The molecule has 1 unspecified atom stereocenters. The van der Waals surface area contributed by atoms with Crippen molar-refractivity contribution in [2.75, 3.05) is 13.1 Å². The second-order valence-electron chi connectivity index (χ2n) is 5.15. The van der Waals surface area contributed by atoms with Gasteiger partial charge in [-0.25, -0.2) is 8.42 Å². The number of sulfonamides is 1. The van der Waals surface area contributed by atoms with Crippen LogP contribution in [-0.2, 0) is 10.0 Å². The number of hydrogen-bond acceptors (Lipinski definition) is 3. The summed E-state index contributed by atoms with van der Waals surface area (Å²) < 4.78 is 26.6. The van der Waals surface area contributed by atoms with E-state index in [0.717, 1.165) is 12.8 Å². The van der Waals surface area contributed by atoms with Crippen molar-refractivity contribution in [2.24, 2.45) is 11.7 Å². The molecule has 0 radical (unpaired) electrons. The fraction of sp³-hybridized carbons (Fsp3) is 0.538. The van der Waals surface area contributed by atoms with Crippen LogP contribution in [0, 0.1) is 5.92 Å². The molecule has 2 N–H and O–H groups in total. The minimum absolute atomic E-state index is 0.0749. The largest absolute Gasteiger partial charge is 0.328 e. The molecule has 0 amide bonds. The lowest BCUT2D eigenvalue weighted by Crippen LogP contribution is -2.42. The van der Waals surface area contributed by atoms with E-state index in [1.165, 1.54) is 10.4 Å². The summed E-state index contributed by atoms with van der Waals surface area (Å²) in [4.78, 5) is 0.0749. The molecule has 1 atom stereocenters. The Hall–Kier alpha value is -0.330. The van der Waals surface area contributed by atoms with E-state index < -0.39 is 10.0 Å². The van der Waals surface area contributed by atoms with Crippen molar-refractivity contribution in [1.29, 1.82) is 0 Å². The van der Waals surface area contributed by atoms with Gasteiger partial charge in [0.15, 0.2) is 0 Å². The summed E-state index contributed by atoms with van der Waals surface area (Å²) in [5.74, 6) is 0.372. The highest BCUT2D eigenvalue weighted by Crippen LogP contribution is 2.32. The third kappa shape index (κ3) is 3.12. The quantitative estimate of drug-likeness (QED) is 0.922. The average Bonchev–Trinajstić information content (AvgIpc) is 2.41. The highest BCUT2D eigenvalue weighted by Gasteiger charge is 2.32. The summed E-state index contributed by atoms with van der Waals surface area (Å²) in [5, 5.41) is 0.335. The minimum atomic E-state index is -3.59. The zero-order valence-electron chi connectivity index (χ0n) is 11.2. The Morgan fingerprint density at radius 1 is 1.30 bits per heavy atom.